The van der Waals surface area contributed by atoms with Gasteiger partial charge in [-0.2, -0.15) is 0 Å². The van der Waals surface area contributed by atoms with E-state index in [0.29, 0.717) is 0 Å². The molecule has 0 radical (unpaired) electrons. The fourth-order valence-corrected chi connectivity index (χ4v) is 1.43. The predicted octanol–water partition coefficient (Wildman–Crippen LogP) is 2.20. The molecule has 0 saturated heterocycles. The first-order valence-corrected chi connectivity index (χ1v) is 5.70. The van der Waals surface area contributed by atoms with Gasteiger partial charge in [0.1, 0.15) is 5.82 Å². The molecule has 4 heteroatoms. The lowest BCUT2D eigenvalue weighted by molar-refractivity contribution is 0.192. The van der Waals surface area contributed by atoms with Crippen LogP contribution < -0.4 is 11.1 Å². The number of unbranched alkanes of at least 4 members (excludes halogenated alkanes) is 2. The topological polar surface area (TPSA) is 60.2 Å². The average Bonchev–Trinajstić information content (AvgIpc) is 2.28. The van der Waals surface area contributed by atoms with Crippen LogP contribution in [0.25, 0.3) is 0 Å². The first-order chi connectivity index (χ1) is 7.74. The van der Waals surface area contributed by atoms with Gasteiger partial charge in [0.05, 0.1) is 11.4 Å². The Morgan fingerprint density at radius 1 is 1.31 bits per heavy atom. The Bertz CT molecular complexity index is 315. The number of ether oxygens (including phenoxy) is 1. The summed E-state index contributed by atoms with van der Waals surface area (Å²) in [7, 11) is 1.74. The molecule has 0 fully saturated rings. The third-order valence-corrected chi connectivity index (χ3v) is 2.46. The minimum Gasteiger partial charge on any atom is -0.397 e. The Kier molecular flexibility index (Phi) is 5.64. The van der Waals surface area contributed by atoms with Crippen molar-refractivity contribution in [2.24, 2.45) is 0 Å². The molecule has 1 rings (SSSR count). The highest BCUT2D eigenvalue weighted by Gasteiger charge is 1.97. The number of methoxy groups -OCH3 is 1. The number of rotatable bonds is 7. The Hall–Kier alpha value is -1.29. The van der Waals surface area contributed by atoms with Crippen molar-refractivity contribution < 1.29 is 4.74 Å². The van der Waals surface area contributed by atoms with Crippen LogP contribution in [0, 0.1) is 6.92 Å². The van der Waals surface area contributed by atoms with Crippen molar-refractivity contribution in [3.8, 4) is 0 Å². The molecular weight excluding hydrogens is 202 g/mol. The highest BCUT2D eigenvalue weighted by molar-refractivity contribution is 5.48. The maximum absolute atomic E-state index is 5.69. The molecule has 0 aliphatic carbocycles. The summed E-state index contributed by atoms with van der Waals surface area (Å²) in [5.74, 6) is 0.901. The largest absolute Gasteiger partial charge is 0.397 e. The van der Waals surface area contributed by atoms with E-state index in [4.69, 9.17) is 10.5 Å². The second-order valence-corrected chi connectivity index (χ2v) is 3.85. The van der Waals surface area contributed by atoms with Crippen molar-refractivity contribution in [3.63, 3.8) is 0 Å². The van der Waals surface area contributed by atoms with Crippen LogP contribution >= 0.6 is 0 Å². The number of aryl methyl sites for hydroxylation is 1. The third-order valence-electron chi connectivity index (χ3n) is 2.46. The van der Waals surface area contributed by atoms with E-state index in [9.17, 15) is 0 Å². The summed E-state index contributed by atoms with van der Waals surface area (Å²) >= 11 is 0. The molecule has 1 aromatic rings. The van der Waals surface area contributed by atoms with Gasteiger partial charge in [0.2, 0.25) is 0 Å². The molecule has 16 heavy (non-hydrogen) atoms. The molecular formula is C12H21N3O. The highest BCUT2D eigenvalue weighted by atomic mass is 16.5. The molecule has 0 atom stereocenters. The SMILES string of the molecule is COCCCCCNc1ccc(N)c(C)n1. The number of hydrogen-bond donors (Lipinski definition) is 2. The van der Waals surface area contributed by atoms with Crippen LogP contribution in [-0.4, -0.2) is 25.2 Å². The summed E-state index contributed by atoms with van der Waals surface area (Å²) in [6, 6.07) is 3.80. The molecule has 0 aliphatic rings. The van der Waals surface area contributed by atoms with E-state index in [1.165, 1.54) is 6.42 Å². The maximum atomic E-state index is 5.69. The number of nitrogens with zero attached hydrogens (tertiary/aromatic N) is 1. The van der Waals surface area contributed by atoms with Gasteiger partial charge in [0.15, 0.2) is 0 Å². The lowest BCUT2D eigenvalue weighted by atomic mass is 10.2. The van der Waals surface area contributed by atoms with E-state index < -0.39 is 0 Å². The minimum absolute atomic E-state index is 0.741. The summed E-state index contributed by atoms with van der Waals surface area (Å²) < 4.78 is 4.99. The van der Waals surface area contributed by atoms with Crippen molar-refractivity contribution in [2.45, 2.75) is 26.2 Å². The summed E-state index contributed by atoms with van der Waals surface area (Å²) in [6.07, 6.45) is 3.43. The second kappa shape index (κ2) is 7.06. The van der Waals surface area contributed by atoms with Gasteiger partial charge in [-0.25, -0.2) is 4.98 Å². The van der Waals surface area contributed by atoms with E-state index >= 15 is 0 Å². The van der Waals surface area contributed by atoms with Crippen LogP contribution in [0.2, 0.25) is 0 Å². The van der Waals surface area contributed by atoms with Crippen molar-refractivity contribution in [2.75, 3.05) is 31.3 Å². The van der Waals surface area contributed by atoms with E-state index in [1.54, 1.807) is 7.11 Å². The lowest BCUT2D eigenvalue weighted by Gasteiger charge is -2.07. The Morgan fingerprint density at radius 3 is 2.81 bits per heavy atom. The van der Waals surface area contributed by atoms with E-state index in [1.807, 2.05) is 19.1 Å². The third kappa shape index (κ3) is 4.49. The molecule has 0 unspecified atom stereocenters. The molecule has 0 spiro atoms. The molecule has 0 amide bonds. The standard InChI is InChI=1S/C12H21N3O/c1-10-11(13)6-7-12(15-10)14-8-4-3-5-9-16-2/h6-7H,3-5,8-9,13H2,1-2H3,(H,14,15). The molecule has 0 bridgehead atoms. The molecule has 0 saturated carbocycles. The van der Waals surface area contributed by atoms with Gasteiger partial charge in [0, 0.05) is 20.3 Å². The monoisotopic (exact) mass is 223 g/mol. The van der Waals surface area contributed by atoms with E-state index in [0.717, 1.165) is 43.2 Å². The van der Waals surface area contributed by atoms with Gasteiger partial charge in [-0.05, 0) is 38.3 Å². The van der Waals surface area contributed by atoms with Crippen LogP contribution in [-0.2, 0) is 4.74 Å². The number of anilines is 2. The van der Waals surface area contributed by atoms with Crippen molar-refractivity contribution in [1.82, 2.24) is 4.98 Å². The lowest BCUT2D eigenvalue weighted by Crippen LogP contribution is -2.05. The van der Waals surface area contributed by atoms with Crippen LogP contribution in [0.4, 0.5) is 11.5 Å². The van der Waals surface area contributed by atoms with Gasteiger partial charge in [-0.1, -0.05) is 0 Å². The first-order valence-electron chi connectivity index (χ1n) is 5.70. The molecule has 0 aliphatic heterocycles. The quantitative estimate of drug-likeness (QED) is 0.696. The Balaban J connectivity index is 2.19. The van der Waals surface area contributed by atoms with Gasteiger partial charge in [-0.3, -0.25) is 0 Å². The molecule has 1 aromatic heterocycles. The highest BCUT2D eigenvalue weighted by Crippen LogP contribution is 2.11. The minimum atomic E-state index is 0.741. The van der Waals surface area contributed by atoms with Crippen molar-refractivity contribution in [3.05, 3.63) is 17.8 Å². The number of aromatic nitrogens is 1. The Labute approximate surface area is 97.2 Å². The molecule has 0 aromatic carbocycles. The number of nitrogens with one attached hydrogen (secondary N) is 1. The van der Waals surface area contributed by atoms with Gasteiger partial charge in [0.25, 0.3) is 0 Å². The van der Waals surface area contributed by atoms with Crippen LogP contribution in [0.1, 0.15) is 25.0 Å². The van der Waals surface area contributed by atoms with Crippen molar-refractivity contribution >= 4 is 11.5 Å². The summed E-state index contributed by atoms with van der Waals surface area (Å²) in [4.78, 5) is 4.35. The Morgan fingerprint density at radius 2 is 2.12 bits per heavy atom. The second-order valence-electron chi connectivity index (χ2n) is 3.85. The predicted molar refractivity (Wildman–Crippen MR) is 67.6 cm³/mol. The zero-order valence-corrected chi connectivity index (χ0v) is 10.1. The molecule has 90 valence electrons. The van der Waals surface area contributed by atoms with E-state index in [-0.39, 0.29) is 0 Å². The normalized spacial score (nSPS) is 10.4. The number of hydrogen-bond acceptors (Lipinski definition) is 4. The fraction of sp³-hybridized carbons (Fsp3) is 0.583. The van der Waals surface area contributed by atoms with Crippen molar-refractivity contribution in [1.29, 1.82) is 0 Å². The number of nitrogen functional groups attached to an aromatic ring is 1. The average molecular weight is 223 g/mol. The van der Waals surface area contributed by atoms with Gasteiger partial charge >= 0.3 is 0 Å². The van der Waals surface area contributed by atoms with Gasteiger partial charge < -0.3 is 15.8 Å². The molecule has 4 nitrogen and oxygen atoms in total. The zero-order valence-electron chi connectivity index (χ0n) is 10.1. The molecule has 3 N–H and O–H groups in total. The van der Waals surface area contributed by atoms with E-state index in [2.05, 4.69) is 10.3 Å². The first kappa shape index (κ1) is 12.8. The smallest absolute Gasteiger partial charge is 0.126 e. The summed E-state index contributed by atoms with van der Waals surface area (Å²) in [6.45, 7) is 3.71. The maximum Gasteiger partial charge on any atom is 0.126 e. The summed E-state index contributed by atoms with van der Waals surface area (Å²) in [5, 5.41) is 3.28. The zero-order chi connectivity index (χ0) is 11.8. The number of nitrogens with two attached hydrogens (primary N) is 1. The van der Waals surface area contributed by atoms with Gasteiger partial charge in [-0.15, -0.1) is 0 Å². The molecule has 1 heterocycles. The summed E-state index contributed by atoms with van der Waals surface area (Å²) in [5.41, 5.74) is 7.31. The fourth-order valence-electron chi connectivity index (χ4n) is 1.43. The van der Waals surface area contributed by atoms with Crippen LogP contribution in [0.15, 0.2) is 12.1 Å². The van der Waals surface area contributed by atoms with Crippen LogP contribution in [0.3, 0.4) is 0 Å². The van der Waals surface area contributed by atoms with Crippen LogP contribution in [0.5, 0.6) is 0 Å². The number of pyridine rings is 1.